The standard InChI is InChI=1S/C15H15FN2O3/c16-12-9-11(15(17)18-20)5-6-14(12)21-13-4-2-1-3-10(13)7-8-19/h1-6,9,19-20H,7-8H2,(H2,17,18). The average Bonchev–Trinajstić information content (AvgIpc) is 2.50. The van der Waals surface area contributed by atoms with Gasteiger partial charge in [0, 0.05) is 12.2 Å². The van der Waals surface area contributed by atoms with Crippen molar-refractivity contribution in [1.82, 2.24) is 0 Å². The summed E-state index contributed by atoms with van der Waals surface area (Å²) in [4.78, 5) is 0. The number of nitrogens with zero attached hydrogens (tertiary/aromatic N) is 1. The average molecular weight is 290 g/mol. The molecule has 0 saturated carbocycles. The number of nitrogens with two attached hydrogens (primary N) is 1. The molecule has 2 aromatic rings. The van der Waals surface area contributed by atoms with E-state index in [1.807, 2.05) is 6.07 Å². The van der Waals surface area contributed by atoms with Gasteiger partial charge in [-0.2, -0.15) is 0 Å². The molecule has 0 spiro atoms. The highest BCUT2D eigenvalue weighted by Gasteiger charge is 2.10. The number of halogens is 1. The zero-order chi connectivity index (χ0) is 15.2. The van der Waals surface area contributed by atoms with Crippen molar-refractivity contribution < 1.29 is 19.4 Å². The van der Waals surface area contributed by atoms with E-state index in [9.17, 15) is 4.39 Å². The minimum atomic E-state index is -0.627. The number of ether oxygens (including phenoxy) is 1. The maximum Gasteiger partial charge on any atom is 0.170 e. The molecule has 0 aliphatic carbocycles. The van der Waals surface area contributed by atoms with Gasteiger partial charge in [0.1, 0.15) is 5.75 Å². The molecule has 0 fully saturated rings. The molecule has 5 nitrogen and oxygen atoms in total. The zero-order valence-electron chi connectivity index (χ0n) is 11.2. The summed E-state index contributed by atoms with van der Waals surface area (Å²) in [5.74, 6) is -0.309. The molecule has 21 heavy (non-hydrogen) atoms. The maximum atomic E-state index is 14.0. The van der Waals surface area contributed by atoms with Crippen molar-refractivity contribution in [2.45, 2.75) is 6.42 Å². The van der Waals surface area contributed by atoms with E-state index in [0.29, 0.717) is 12.2 Å². The van der Waals surface area contributed by atoms with Gasteiger partial charge in [-0.3, -0.25) is 0 Å². The number of rotatable bonds is 5. The van der Waals surface area contributed by atoms with Crippen molar-refractivity contribution in [2.24, 2.45) is 10.9 Å². The molecule has 0 radical (unpaired) electrons. The molecular formula is C15H15FN2O3. The van der Waals surface area contributed by atoms with Crippen LogP contribution in [0.3, 0.4) is 0 Å². The normalized spacial score (nSPS) is 11.4. The van der Waals surface area contributed by atoms with E-state index in [0.717, 1.165) is 11.6 Å². The molecule has 0 aromatic heterocycles. The molecule has 4 N–H and O–H groups in total. The Kier molecular flexibility index (Phi) is 4.73. The van der Waals surface area contributed by atoms with Crippen LogP contribution in [0.1, 0.15) is 11.1 Å². The summed E-state index contributed by atoms with van der Waals surface area (Å²) < 4.78 is 19.5. The number of oxime groups is 1. The summed E-state index contributed by atoms with van der Waals surface area (Å²) in [6, 6.07) is 11.1. The van der Waals surface area contributed by atoms with Crippen LogP contribution in [0.4, 0.5) is 4.39 Å². The first kappa shape index (κ1) is 14.8. The van der Waals surface area contributed by atoms with Crippen molar-refractivity contribution in [3.8, 4) is 11.5 Å². The van der Waals surface area contributed by atoms with Crippen LogP contribution < -0.4 is 10.5 Å². The number of hydrogen-bond donors (Lipinski definition) is 3. The Bertz CT molecular complexity index is 659. The number of amidine groups is 1. The minimum absolute atomic E-state index is 0.0225. The van der Waals surface area contributed by atoms with Gasteiger partial charge >= 0.3 is 0 Å². The van der Waals surface area contributed by atoms with E-state index in [1.165, 1.54) is 12.1 Å². The number of para-hydroxylation sites is 1. The zero-order valence-corrected chi connectivity index (χ0v) is 11.2. The summed E-state index contributed by atoms with van der Waals surface area (Å²) >= 11 is 0. The Labute approximate surface area is 121 Å². The molecule has 0 heterocycles. The van der Waals surface area contributed by atoms with Gasteiger partial charge in [-0.1, -0.05) is 23.4 Å². The predicted molar refractivity (Wildman–Crippen MR) is 76.2 cm³/mol. The third kappa shape index (κ3) is 3.49. The van der Waals surface area contributed by atoms with E-state index < -0.39 is 5.82 Å². The Hall–Kier alpha value is -2.60. The molecule has 0 unspecified atom stereocenters. The molecule has 0 saturated heterocycles. The Morgan fingerprint density at radius 2 is 1.95 bits per heavy atom. The summed E-state index contributed by atoms with van der Waals surface area (Å²) in [5, 5.41) is 20.4. The largest absolute Gasteiger partial charge is 0.454 e. The molecule has 6 heteroatoms. The van der Waals surface area contributed by atoms with Crippen molar-refractivity contribution in [3.63, 3.8) is 0 Å². The highest BCUT2D eigenvalue weighted by Crippen LogP contribution is 2.28. The van der Waals surface area contributed by atoms with Gasteiger partial charge in [-0.25, -0.2) is 4.39 Å². The molecule has 2 aromatic carbocycles. The summed E-state index contributed by atoms with van der Waals surface area (Å²) in [6.45, 7) is -0.0225. The molecule has 0 aliphatic rings. The molecule has 0 amide bonds. The van der Waals surface area contributed by atoms with Gasteiger partial charge in [0.05, 0.1) is 0 Å². The fourth-order valence-electron chi connectivity index (χ4n) is 1.85. The minimum Gasteiger partial charge on any atom is -0.454 e. The van der Waals surface area contributed by atoms with Crippen LogP contribution >= 0.6 is 0 Å². The van der Waals surface area contributed by atoms with Crippen molar-refractivity contribution in [2.75, 3.05) is 6.61 Å². The van der Waals surface area contributed by atoms with E-state index in [4.69, 9.17) is 20.8 Å². The van der Waals surface area contributed by atoms with Crippen LogP contribution in [-0.4, -0.2) is 22.8 Å². The van der Waals surface area contributed by atoms with Crippen molar-refractivity contribution in [3.05, 3.63) is 59.4 Å². The third-order valence-corrected chi connectivity index (χ3v) is 2.91. The summed E-state index contributed by atoms with van der Waals surface area (Å²) in [5.41, 5.74) is 6.43. The highest BCUT2D eigenvalue weighted by atomic mass is 19.1. The van der Waals surface area contributed by atoms with Crippen LogP contribution in [0.25, 0.3) is 0 Å². The monoisotopic (exact) mass is 290 g/mol. The fraction of sp³-hybridized carbons (Fsp3) is 0.133. The smallest absolute Gasteiger partial charge is 0.170 e. The Morgan fingerprint density at radius 3 is 2.62 bits per heavy atom. The SMILES string of the molecule is N/C(=N/O)c1ccc(Oc2ccccc2CCO)c(F)c1. The second-order valence-electron chi connectivity index (χ2n) is 4.31. The van der Waals surface area contributed by atoms with Crippen LogP contribution in [0.2, 0.25) is 0 Å². The first-order chi connectivity index (χ1) is 10.2. The summed E-state index contributed by atoms with van der Waals surface area (Å²) in [7, 11) is 0. The first-order valence-corrected chi connectivity index (χ1v) is 6.29. The van der Waals surface area contributed by atoms with Gasteiger partial charge in [0.25, 0.3) is 0 Å². The van der Waals surface area contributed by atoms with E-state index in [1.54, 1.807) is 18.2 Å². The highest BCUT2D eigenvalue weighted by molar-refractivity contribution is 5.97. The Balaban J connectivity index is 2.28. The van der Waals surface area contributed by atoms with Gasteiger partial charge in [0.2, 0.25) is 0 Å². The van der Waals surface area contributed by atoms with Crippen LogP contribution in [0.5, 0.6) is 11.5 Å². The van der Waals surface area contributed by atoms with Gasteiger partial charge in [-0.15, -0.1) is 0 Å². The first-order valence-electron chi connectivity index (χ1n) is 6.29. The van der Waals surface area contributed by atoms with E-state index >= 15 is 0 Å². The lowest BCUT2D eigenvalue weighted by atomic mass is 10.1. The van der Waals surface area contributed by atoms with Crippen LogP contribution in [0, 0.1) is 5.82 Å². The third-order valence-electron chi connectivity index (χ3n) is 2.91. The molecule has 2 rings (SSSR count). The van der Waals surface area contributed by atoms with E-state index in [-0.39, 0.29) is 23.8 Å². The number of aliphatic hydroxyl groups excluding tert-OH is 1. The predicted octanol–water partition coefficient (Wildman–Crippen LogP) is 2.25. The molecular weight excluding hydrogens is 275 g/mol. The van der Waals surface area contributed by atoms with Gasteiger partial charge < -0.3 is 20.8 Å². The lowest BCUT2D eigenvalue weighted by Gasteiger charge is -2.11. The van der Waals surface area contributed by atoms with E-state index in [2.05, 4.69) is 5.16 Å². The fourth-order valence-corrected chi connectivity index (χ4v) is 1.85. The summed E-state index contributed by atoms with van der Waals surface area (Å²) in [6.07, 6.45) is 0.417. The number of benzene rings is 2. The maximum absolute atomic E-state index is 14.0. The molecule has 110 valence electrons. The van der Waals surface area contributed by atoms with Gasteiger partial charge in [-0.05, 0) is 36.2 Å². The topological polar surface area (TPSA) is 88.1 Å². The van der Waals surface area contributed by atoms with Crippen LogP contribution in [0.15, 0.2) is 47.6 Å². The van der Waals surface area contributed by atoms with Crippen molar-refractivity contribution in [1.29, 1.82) is 0 Å². The lowest BCUT2D eigenvalue weighted by molar-refractivity contribution is 0.297. The lowest BCUT2D eigenvalue weighted by Crippen LogP contribution is -2.13. The molecule has 0 aliphatic heterocycles. The van der Waals surface area contributed by atoms with Crippen molar-refractivity contribution >= 4 is 5.84 Å². The van der Waals surface area contributed by atoms with Gasteiger partial charge in [0.15, 0.2) is 17.4 Å². The second kappa shape index (κ2) is 6.71. The quantitative estimate of drug-likeness (QED) is 0.341. The Morgan fingerprint density at radius 1 is 1.19 bits per heavy atom. The number of hydrogen-bond acceptors (Lipinski definition) is 4. The molecule has 0 atom stereocenters. The number of aliphatic hydroxyl groups is 1. The second-order valence-corrected chi connectivity index (χ2v) is 4.31. The molecule has 0 bridgehead atoms. The van der Waals surface area contributed by atoms with Crippen LogP contribution in [-0.2, 0) is 6.42 Å².